The first-order valence-electron chi connectivity index (χ1n) is 7.94. The van der Waals surface area contributed by atoms with Gasteiger partial charge in [-0.05, 0) is 30.5 Å². The van der Waals surface area contributed by atoms with Crippen molar-refractivity contribution in [2.45, 2.75) is 31.8 Å². The van der Waals surface area contributed by atoms with Crippen LogP contribution in [0.5, 0.6) is 0 Å². The SMILES string of the molecule is O=C(CCNC1CC1)N1CCN(Cc2ccncc2)CC1. The van der Waals surface area contributed by atoms with Gasteiger partial charge in [0.25, 0.3) is 0 Å². The molecule has 0 spiro atoms. The smallest absolute Gasteiger partial charge is 0.223 e. The average Bonchev–Trinajstić information content (AvgIpc) is 3.33. The minimum absolute atomic E-state index is 0.298. The van der Waals surface area contributed by atoms with E-state index in [4.69, 9.17) is 0 Å². The Hall–Kier alpha value is -1.46. The van der Waals surface area contributed by atoms with Gasteiger partial charge >= 0.3 is 0 Å². The lowest BCUT2D eigenvalue weighted by Crippen LogP contribution is -2.48. The van der Waals surface area contributed by atoms with Gasteiger partial charge in [-0.2, -0.15) is 0 Å². The molecule has 114 valence electrons. The fourth-order valence-electron chi connectivity index (χ4n) is 2.73. The zero-order valence-electron chi connectivity index (χ0n) is 12.5. The molecule has 2 aliphatic rings. The van der Waals surface area contributed by atoms with Crippen molar-refractivity contribution in [1.29, 1.82) is 0 Å². The molecule has 2 fully saturated rings. The standard InChI is InChI=1S/C16H24N4O/c21-16(5-8-18-15-1-2-15)20-11-9-19(10-12-20)13-14-3-6-17-7-4-14/h3-4,6-7,15,18H,1-2,5,8-13H2. The third kappa shape index (κ3) is 4.51. The molecule has 0 radical (unpaired) electrons. The molecule has 1 N–H and O–H groups in total. The Bertz CT molecular complexity index is 453. The Morgan fingerprint density at radius 2 is 1.90 bits per heavy atom. The predicted molar refractivity (Wildman–Crippen MR) is 81.7 cm³/mol. The van der Waals surface area contributed by atoms with Crippen molar-refractivity contribution in [1.82, 2.24) is 20.1 Å². The lowest BCUT2D eigenvalue weighted by atomic mass is 10.2. The highest BCUT2D eigenvalue weighted by molar-refractivity contribution is 5.76. The molecule has 21 heavy (non-hydrogen) atoms. The van der Waals surface area contributed by atoms with Gasteiger partial charge in [-0.3, -0.25) is 14.7 Å². The maximum atomic E-state index is 12.1. The first kappa shape index (κ1) is 14.5. The molecule has 5 nitrogen and oxygen atoms in total. The van der Waals surface area contributed by atoms with E-state index >= 15 is 0 Å². The molecule has 1 aromatic heterocycles. The third-order valence-corrected chi connectivity index (χ3v) is 4.23. The minimum atomic E-state index is 0.298. The molecule has 3 rings (SSSR count). The van der Waals surface area contributed by atoms with E-state index in [9.17, 15) is 4.79 Å². The number of pyridine rings is 1. The molecule has 2 heterocycles. The number of piperazine rings is 1. The van der Waals surface area contributed by atoms with Gasteiger partial charge in [0.05, 0.1) is 0 Å². The van der Waals surface area contributed by atoms with Crippen LogP contribution in [0.2, 0.25) is 0 Å². The summed E-state index contributed by atoms with van der Waals surface area (Å²) in [5.74, 6) is 0.298. The van der Waals surface area contributed by atoms with E-state index in [2.05, 4.69) is 27.3 Å². The average molecular weight is 288 g/mol. The van der Waals surface area contributed by atoms with E-state index < -0.39 is 0 Å². The first-order chi connectivity index (χ1) is 10.3. The molecule has 0 atom stereocenters. The van der Waals surface area contributed by atoms with Gasteiger partial charge in [-0.15, -0.1) is 0 Å². The molecule has 0 bridgehead atoms. The fourth-order valence-corrected chi connectivity index (χ4v) is 2.73. The summed E-state index contributed by atoms with van der Waals surface area (Å²) >= 11 is 0. The van der Waals surface area contributed by atoms with Crippen LogP contribution in [0.15, 0.2) is 24.5 Å². The van der Waals surface area contributed by atoms with Crippen molar-refractivity contribution in [2.75, 3.05) is 32.7 Å². The molecule has 1 aliphatic carbocycles. The van der Waals surface area contributed by atoms with Crippen molar-refractivity contribution in [3.05, 3.63) is 30.1 Å². The van der Waals surface area contributed by atoms with Crippen molar-refractivity contribution in [2.24, 2.45) is 0 Å². The molecule has 1 aromatic rings. The van der Waals surface area contributed by atoms with Gasteiger partial charge < -0.3 is 10.2 Å². The molecule has 1 saturated heterocycles. The van der Waals surface area contributed by atoms with Crippen LogP contribution in [0.3, 0.4) is 0 Å². The van der Waals surface area contributed by atoms with Gasteiger partial charge in [0.2, 0.25) is 5.91 Å². The summed E-state index contributed by atoms with van der Waals surface area (Å²) < 4.78 is 0. The van der Waals surface area contributed by atoms with E-state index in [1.807, 2.05) is 17.3 Å². The van der Waals surface area contributed by atoms with E-state index in [0.717, 1.165) is 39.3 Å². The number of nitrogens with zero attached hydrogens (tertiary/aromatic N) is 3. The van der Waals surface area contributed by atoms with E-state index in [1.165, 1.54) is 18.4 Å². The minimum Gasteiger partial charge on any atom is -0.340 e. The summed E-state index contributed by atoms with van der Waals surface area (Å²) in [5.41, 5.74) is 1.29. The number of amides is 1. The quantitative estimate of drug-likeness (QED) is 0.844. The van der Waals surface area contributed by atoms with E-state index in [-0.39, 0.29) is 0 Å². The Kier molecular flexibility index (Phi) is 4.83. The highest BCUT2D eigenvalue weighted by Crippen LogP contribution is 2.18. The Morgan fingerprint density at radius 3 is 2.57 bits per heavy atom. The maximum Gasteiger partial charge on any atom is 0.223 e. The summed E-state index contributed by atoms with van der Waals surface area (Å²) in [6, 6.07) is 4.80. The fraction of sp³-hybridized carbons (Fsp3) is 0.625. The van der Waals surface area contributed by atoms with Gasteiger partial charge in [-0.25, -0.2) is 0 Å². The van der Waals surface area contributed by atoms with Gasteiger partial charge in [-0.1, -0.05) is 0 Å². The molecule has 1 saturated carbocycles. The van der Waals surface area contributed by atoms with Gasteiger partial charge in [0.1, 0.15) is 0 Å². The number of hydrogen-bond acceptors (Lipinski definition) is 4. The lowest BCUT2D eigenvalue weighted by Gasteiger charge is -2.34. The summed E-state index contributed by atoms with van der Waals surface area (Å²) in [5, 5.41) is 3.40. The van der Waals surface area contributed by atoms with Crippen LogP contribution in [0, 0.1) is 0 Å². The van der Waals surface area contributed by atoms with Crippen molar-refractivity contribution >= 4 is 5.91 Å². The number of nitrogens with one attached hydrogen (secondary N) is 1. The Labute approximate surface area is 126 Å². The molecular weight excluding hydrogens is 264 g/mol. The van der Waals surface area contributed by atoms with Crippen molar-refractivity contribution < 1.29 is 4.79 Å². The van der Waals surface area contributed by atoms with Crippen LogP contribution in [-0.4, -0.2) is 59.5 Å². The van der Waals surface area contributed by atoms with Crippen LogP contribution in [0.25, 0.3) is 0 Å². The van der Waals surface area contributed by atoms with Crippen LogP contribution in [0.1, 0.15) is 24.8 Å². The summed E-state index contributed by atoms with van der Waals surface area (Å²) in [6.45, 7) is 5.42. The van der Waals surface area contributed by atoms with Gasteiger partial charge in [0, 0.05) is 64.1 Å². The molecule has 1 aliphatic heterocycles. The molecule has 5 heteroatoms. The van der Waals surface area contributed by atoms with E-state index in [0.29, 0.717) is 18.4 Å². The van der Waals surface area contributed by atoms with E-state index in [1.54, 1.807) is 0 Å². The summed E-state index contributed by atoms with van der Waals surface area (Å²) in [4.78, 5) is 20.6. The zero-order chi connectivity index (χ0) is 14.5. The number of carbonyl (C=O) groups is 1. The highest BCUT2D eigenvalue weighted by atomic mass is 16.2. The second kappa shape index (κ2) is 7.00. The zero-order valence-corrected chi connectivity index (χ0v) is 12.5. The van der Waals surface area contributed by atoms with Crippen LogP contribution in [0.4, 0.5) is 0 Å². The first-order valence-corrected chi connectivity index (χ1v) is 7.94. The van der Waals surface area contributed by atoms with Crippen LogP contribution < -0.4 is 5.32 Å². The number of carbonyl (C=O) groups excluding carboxylic acids is 1. The topological polar surface area (TPSA) is 48.5 Å². The Morgan fingerprint density at radius 1 is 1.19 bits per heavy atom. The normalized spacial score (nSPS) is 19.7. The molecular formula is C16H24N4O. The molecule has 1 amide bonds. The summed E-state index contributed by atoms with van der Waals surface area (Å²) in [6.07, 6.45) is 6.87. The number of hydrogen-bond donors (Lipinski definition) is 1. The predicted octanol–water partition coefficient (Wildman–Crippen LogP) is 0.868. The number of rotatable bonds is 6. The number of aromatic nitrogens is 1. The highest BCUT2D eigenvalue weighted by Gasteiger charge is 2.23. The third-order valence-electron chi connectivity index (χ3n) is 4.23. The maximum absolute atomic E-state index is 12.1. The van der Waals surface area contributed by atoms with Crippen LogP contribution in [-0.2, 0) is 11.3 Å². The lowest BCUT2D eigenvalue weighted by molar-refractivity contribution is -0.132. The molecule has 0 unspecified atom stereocenters. The van der Waals surface area contributed by atoms with Crippen LogP contribution >= 0.6 is 0 Å². The monoisotopic (exact) mass is 288 g/mol. The second-order valence-electron chi connectivity index (χ2n) is 5.99. The summed E-state index contributed by atoms with van der Waals surface area (Å²) in [7, 11) is 0. The van der Waals surface area contributed by atoms with Gasteiger partial charge in [0.15, 0.2) is 0 Å². The molecule has 0 aromatic carbocycles. The Balaban J connectivity index is 1.36. The largest absolute Gasteiger partial charge is 0.340 e. The van der Waals surface area contributed by atoms with Crippen molar-refractivity contribution in [3.8, 4) is 0 Å². The van der Waals surface area contributed by atoms with Crippen molar-refractivity contribution in [3.63, 3.8) is 0 Å². The second-order valence-corrected chi connectivity index (χ2v) is 5.99.